The molecular weight excluding hydrogens is 388 g/mol. The summed E-state index contributed by atoms with van der Waals surface area (Å²) in [7, 11) is 1.95. The van der Waals surface area contributed by atoms with Gasteiger partial charge >= 0.3 is 0 Å². The molecule has 27 heavy (non-hydrogen) atoms. The largest absolute Gasteiger partial charge is 0.496 e. The van der Waals surface area contributed by atoms with E-state index in [0.717, 1.165) is 12.0 Å². The fourth-order valence-electron chi connectivity index (χ4n) is 3.10. The quantitative estimate of drug-likeness (QED) is 0.792. The third-order valence-electron chi connectivity index (χ3n) is 4.54. The maximum Gasteiger partial charge on any atom is 0.237 e. The first-order valence-electron chi connectivity index (χ1n) is 8.53. The lowest BCUT2D eigenvalue weighted by Gasteiger charge is -2.32. The summed E-state index contributed by atoms with van der Waals surface area (Å²) < 4.78 is 39.3. The van der Waals surface area contributed by atoms with Gasteiger partial charge in [-0.1, -0.05) is 23.7 Å². The van der Waals surface area contributed by atoms with E-state index in [1.54, 1.807) is 43.5 Å². The number of nitrogens with one attached hydrogen (secondary N) is 1. The van der Waals surface area contributed by atoms with Gasteiger partial charge in [-0.2, -0.15) is 0 Å². The van der Waals surface area contributed by atoms with E-state index in [-0.39, 0.29) is 11.8 Å². The number of methoxy groups -OCH3 is 1. The van der Waals surface area contributed by atoms with E-state index in [1.807, 2.05) is 14.1 Å². The molecule has 3 rings (SSSR count). The van der Waals surface area contributed by atoms with Crippen LogP contribution in [0.2, 0.25) is 5.02 Å². The maximum atomic E-state index is 12.6. The minimum atomic E-state index is -3.63. The highest BCUT2D eigenvalue weighted by Gasteiger charge is 2.28. The van der Waals surface area contributed by atoms with Crippen LogP contribution in [0, 0.1) is 0 Å². The van der Waals surface area contributed by atoms with Crippen molar-refractivity contribution in [2.45, 2.75) is 18.2 Å². The van der Waals surface area contributed by atoms with E-state index in [1.165, 1.54) is 0 Å². The van der Waals surface area contributed by atoms with Crippen LogP contribution in [0.4, 0.5) is 5.69 Å². The van der Waals surface area contributed by atoms with Crippen LogP contribution in [0.15, 0.2) is 36.4 Å². The number of hydrogen-bond acceptors (Lipinski definition) is 5. The summed E-state index contributed by atoms with van der Waals surface area (Å²) in [5.41, 5.74) is 1.90. The molecule has 2 aromatic rings. The molecule has 1 N–H and O–H groups in total. The molecule has 0 aliphatic carbocycles. The Morgan fingerprint density at radius 1 is 1.30 bits per heavy atom. The average molecular weight is 411 g/mol. The van der Waals surface area contributed by atoms with Crippen LogP contribution in [0.3, 0.4) is 0 Å². The number of ether oxygens (including phenoxy) is 2. The van der Waals surface area contributed by atoms with Crippen molar-refractivity contribution in [2.75, 3.05) is 32.5 Å². The van der Waals surface area contributed by atoms with Gasteiger partial charge in [-0.15, -0.1) is 0 Å². The van der Waals surface area contributed by atoms with Gasteiger partial charge in [0, 0.05) is 16.6 Å². The molecule has 0 unspecified atom stereocenters. The van der Waals surface area contributed by atoms with Crippen LogP contribution in [-0.4, -0.2) is 47.2 Å². The molecule has 2 aromatic carbocycles. The lowest BCUT2D eigenvalue weighted by Crippen LogP contribution is -2.38. The Morgan fingerprint density at radius 3 is 2.74 bits per heavy atom. The number of fused-ring (bicyclic) bond motifs is 1. The van der Waals surface area contributed by atoms with Crippen LogP contribution >= 0.6 is 11.6 Å². The van der Waals surface area contributed by atoms with Gasteiger partial charge in [0.05, 0.1) is 18.6 Å². The first kappa shape index (κ1) is 19.8. The van der Waals surface area contributed by atoms with Gasteiger partial charge < -0.3 is 14.4 Å². The van der Waals surface area contributed by atoms with Crippen molar-refractivity contribution in [2.24, 2.45) is 0 Å². The second-order valence-corrected chi connectivity index (χ2v) is 8.91. The Balaban J connectivity index is 1.88. The van der Waals surface area contributed by atoms with Crippen LogP contribution in [-0.2, 0) is 22.2 Å². The molecule has 1 heterocycles. The van der Waals surface area contributed by atoms with Gasteiger partial charge in [0.25, 0.3) is 0 Å². The third-order valence-corrected chi connectivity index (χ3v) is 6.02. The molecular formula is C19H23ClN2O4S. The van der Waals surface area contributed by atoms with Crippen LogP contribution in [0.5, 0.6) is 11.5 Å². The molecule has 0 bridgehead atoms. The number of rotatable bonds is 6. The van der Waals surface area contributed by atoms with E-state index in [0.29, 0.717) is 34.4 Å². The minimum absolute atomic E-state index is 0.172. The predicted octanol–water partition coefficient (Wildman–Crippen LogP) is 3.16. The number of nitrogens with zero attached hydrogens (tertiary/aromatic N) is 1. The number of sulfonamides is 1. The molecule has 6 nitrogen and oxygen atoms in total. The second-order valence-electron chi connectivity index (χ2n) is 6.75. The number of hydrogen-bond donors (Lipinski definition) is 1. The van der Waals surface area contributed by atoms with Crippen LogP contribution in [0.25, 0.3) is 0 Å². The lowest BCUT2D eigenvalue weighted by molar-refractivity contribution is 0.164. The van der Waals surface area contributed by atoms with Gasteiger partial charge in [-0.05, 0) is 50.3 Å². The van der Waals surface area contributed by atoms with Gasteiger partial charge in [0.1, 0.15) is 18.1 Å². The fraction of sp³-hybridized carbons (Fsp3) is 0.368. The zero-order chi connectivity index (χ0) is 19.6. The van der Waals surface area contributed by atoms with E-state index >= 15 is 0 Å². The lowest BCUT2D eigenvalue weighted by atomic mass is 10.00. The van der Waals surface area contributed by atoms with Gasteiger partial charge in [-0.3, -0.25) is 4.72 Å². The van der Waals surface area contributed by atoms with Gasteiger partial charge in [0.15, 0.2) is 0 Å². The molecule has 0 fully saturated rings. The van der Waals surface area contributed by atoms with Crippen molar-refractivity contribution in [1.29, 1.82) is 0 Å². The van der Waals surface area contributed by atoms with Crippen molar-refractivity contribution >= 4 is 27.3 Å². The summed E-state index contributed by atoms with van der Waals surface area (Å²) in [4.78, 5) is 2.08. The summed E-state index contributed by atoms with van der Waals surface area (Å²) >= 11 is 5.95. The van der Waals surface area contributed by atoms with Gasteiger partial charge in [-0.25, -0.2) is 8.42 Å². The SMILES string of the molecule is COc1ccc(NS(=O)(=O)Cc2cccc(Cl)c2)c2c1C[C@@H](N(C)C)CO2. The molecule has 0 aromatic heterocycles. The van der Waals surface area contributed by atoms with Crippen molar-refractivity contribution in [3.8, 4) is 11.5 Å². The molecule has 1 aliphatic heterocycles. The van der Waals surface area contributed by atoms with Crippen molar-refractivity contribution in [1.82, 2.24) is 4.90 Å². The topological polar surface area (TPSA) is 67.9 Å². The maximum absolute atomic E-state index is 12.6. The van der Waals surface area contributed by atoms with Crippen molar-refractivity contribution in [3.63, 3.8) is 0 Å². The Kier molecular flexibility index (Phi) is 5.83. The second kappa shape index (κ2) is 7.96. The summed E-state index contributed by atoms with van der Waals surface area (Å²) in [6.45, 7) is 0.482. The zero-order valence-corrected chi connectivity index (χ0v) is 17.1. The summed E-state index contributed by atoms with van der Waals surface area (Å²) in [6.07, 6.45) is 0.718. The fourth-order valence-corrected chi connectivity index (χ4v) is 4.49. The molecule has 146 valence electrons. The molecule has 8 heteroatoms. The number of anilines is 1. The summed E-state index contributed by atoms with van der Waals surface area (Å²) in [5.74, 6) is 1.05. The Labute approximate surface area is 165 Å². The summed E-state index contributed by atoms with van der Waals surface area (Å²) in [6, 6.07) is 10.4. The molecule has 0 saturated heterocycles. The number of likely N-dealkylation sites (N-methyl/N-ethyl adjacent to an activating group) is 1. The monoisotopic (exact) mass is 410 g/mol. The normalized spacial score (nSPS) is 16.6. The predicted molar refractivity (Wildman–Crippen MR) is 107 cm³/mol. The molecule has 0 spiro atoms. The molecule has 0 saturated carbocycles. The average Bonchev–Trinajstić information content (AvgIpc) is 2.60. The molecule has 1 atom stereocenters. The van der Waals surface area contributed by atoms with E-state index in [4.69, 9.17) is 21.1 Å². The molecule has 0 amide bonds. The van der Waals surface area contributed by atoms with E-state index in [2.05, 4.69) is 9.62 Å². The van der Waals surface area contributed by atoms with E-state index in [9.17, 15) is 8.42 Å². The number of halogens is 1. The highest BCUT2D eigenvalue weighted by Crippen LogP contribution is 2.40. The molecule has 1 aliphatic rings. The smallest absolute Gasteiger partial charge is 0.237 e. The first-order chi connectivity index (χ1) is 12.8. The molecule has 0 radical (unpaired) electrons. The minimum Gasteiger partial charge on any atom is -0.496 e. The first-order valence-corrected chi connectivity index (χ1v) is 10.6. The number of benzene rings is 2. The zero-order valence-electron chi connectivity index (χ0n) is 15.5. The van der Waals surface area contributed by atoms with Crippen molar-refractivity contribution in [3.05, 3.63) is 52.5 Å². The van der Waals surface area contributed by atoms with Crippen LogP contribution in [0.1, 0.15) is 11.1 Å². The van der Waals surface area contributed by atoms with Crippen molar-refractivity contribution < 1.29 is 17.9 Å². The van der Waals surface area contributed by atoms with E-state index < -0.39 is 10.0 Å². The standard InChI is InChI=1S/C19H23ClN2O4S/c1-22(2)15-10-16-18(25-3)8-7-17(19(16)26-11-15)21-27(23,24)12-13-5-4-6-14(20)9-13/h4-9,15,21H,10-12H2,1-3H3/t15-/m1/s1. The highest BCUT2D eigenvalue weighted by atomic mass is 35.5. The third kappa shape index (κ3) is 4.66. The Bertz CT molecular complexity index is 931. The Morgan fingerprint density at radius 2 is 2.07 bits per heavy atom. The highest BCUT2D eigenvalue weighted by molar-refractivity contribution is 7.91. The summed E-state index contributed by atoms with van der Waals surface area (Å²) in [5, 5.41) is 0.502. The van der Waals surface area contributed by atoms with Gasteiger partial charge in [0.2, 0.25) is 10.0 Å². The van der Waals surface area contributed by atoms with Crippen LogP contribution < -0.4 is 14.2 Å². The Hall–Kier alpha value is -1.96.